The molecule has 0 aromatic rings. The predicted molar refractivity (Wildman–Crippen MR) is 49.1 cm³/mol. The summed E-state index contributed by atoms with van der Waals surface area (Å²) in [6, 6.07) is 0. The van der Waals surface area contributed by atoms with Gasteiger partial charge < -0.3 is 4.43 Å². The molecule has 0 amide bonds. The highest BCUT2D eigenvalue weighted by atomic mass is 35.5. The van der Waals surface area contributed by atoms with E-state index < -0.39 is 8.32 Å². The van der Waals surface area contributed by atoms with E-state index in [1.165, 1.54) is 6.42 Å². The van der Waals surface area contributed by atoms with E-state index in [1.807, 2.05) is 0 Å². The molecule has 0 heterocycles. The van der Waals surface area contributed by atoms with Crippen molar-refractivity contribution >= 4 is 19.9 Å². The van der Waals surface area contributed by atoms with Crippen molar-refractivity contribution in [3.8, 4) is 0 Å². The van der Waals surface area contributed by atoms with Gasteiger partial charge in [-0.1, -0.05) is 13.3 Å². The lowest BCUT2D eigenvalue weighted by Gasteiger charge is -2.19. The van der Waals surface area contributed by atoms with Crippen LogP contribution in [0.2, 0.25) is 13.1 Å². The summed E-state index contributed by atoms with van der Waals surface area (Å²) >= 11 is 5.71. The first kappa shape index (κ1) is 10.5. The third kappa shape index (κ3) is 5.27. The van der Waals surface area contributed by atoms with Crippen molar-refractivity contribution in [1.82, 2.24) is 0 Å². The highest BCUT2D eigenvalue weighted by Crippen LogP contribution is 2.06. The molecule has 0 fully saturated rings. The van der Waals surface area contributed by atoms with Crippen molar-refractivity contribution in [2.45, 2.75) is 32.9 Å². The van der Waals surface area contributed by atoms with Crippen LogP contribution in [0.15, 0.2) is 0 Å². The largest absolute Gasteiger partial charge is 0.416 e. The summed E-state index contributed by atoms with van der Waals surface area (Å²) in [5, 5.41) is 0. The lowest BCUT2D eigenvalue weighted by molar-refractivity contribution is 0.302. The second-order valence-electron chi connectivity index (χ2n) is 3.10. The highest BCUT2D eigenvalue weighted by Gasteiger charge is 2.19. The Bertz CT molecular complexity index is 85.7. The molecule has 1 nitrogen and oxygen atoms in total. The summed E-state index contributed by atoms with van der Waals surface area (Å²) in [5.74, 6) is 0. The smallest absolute Gasteiger partial charge is 0.201 e. The van der Waals surface area contributed by atoms with Gasteiger partial charge in [-0.2, -0.15) is 0 Å². The molecule has 0 unspecified atom stereocenters. The molecule has 0 radical (unpaired) electrons. The van der Waals surface area contributed by atoms with Crippen LogP contribution in [0, 0.1) is 0 Å². The molecule has 0 aromatic carbocycles. The Kier molecular flexibility index (Phi) is 5.40. The molecular weight excluding hydrogens is 164 g/mol. The summed E-state index contributed by atoms with van der Waals surface area (Å²) in [4.78, 5) is 0. The van der Waals surface area contributed by atoms with Gasteiger partial charge in [0.1, 0.15) is 0 Å². The Balaban J connectivity index is 3.28. The van der Waals surface area contributed by atoms with Gasteiger partial charge in [-0.15, -0.1) is 11.6 Å². The number of rotatable bonds is 5. The Morgan fingerprint density at radius 1 is 1.40 bits per heavy atom. The van der Waals surface area contributed by atoms with Crippen LogP contribution in [-0.2, 0) is 4.43 Å². The summed E-state index contributed by atoms with van der Waals surface area (Å²) in [5.41, 5.74) is 0.705. The average Bonchev–Trinajstić information content (AvgIpc) is 1.89. The van der Waals surface area contributed by atoms with Gasteiger partial charge >= 0.3 is 0 Å². The zero-order valence-corrected chi connectivity index (χ0v) is 8.87. The highest BCUT2D eigenvalue weighted by molar-refractivity contribution is 6.77. The maximum atomic E-state index is 5.71. The fourth-order valence-electron chi connectivity index (χ4n) is 0.531. The van der Waals surface area contributed by atoms with Crippen molar-refractivity contribution in [3.63, 3.8) is 0 Å². The third-order valence-electron chi connectivity index (χ3n) is 1.31. The van der Waals surface area contributed by atoms with Crippen molar-refractivity contribution < 1.29 is 4.43 Å². The Labute approximate surface area is 69.9 Å². The van der Waals surface area contributed by atoms with E-state index in [0.29, 0.717) is 5.50 Å². The summed E-state index contributed by atoms with van der Waals surface area (Å²) in [6.45, 7) is 7.35. The molecule has 0 aromatic heterocycles. The SMILES string of the molecule is CCCCO[Si](C)(C)CCl. The van der Waals surface area contributed by atoms with E-state index >= 15 is 0 Å². The predicted octanol–water partition coefficient (Wildman–Crippen LogP) is 2.79. The fourth-order valence-corrected chi connectivity index (χ4v) is 1.54. The van der Waals surface area contributed by atoms with Gasteiger partial charge in [0.05, 0.1) is 0 Å². The monoisotopic (exact) mass is 180 g/mol. The Morgan fingerprint density at radius 2 is 2.00 bits per heavy atom. The summed E-state index contributed by atoms with van der Waals surface area (Å²) < 4.78 is 5.63. The van der Waals surface area contributed by atoms with E-state index in [-0.39, 0.29) is 0 Å². The normalized spacial score (nSPS) is 12.0. The van der Waals surface area contributed by atoms with Crippen LogP contribution in [0.1, 0.15) is 19.8 Å². The van der Waals surface area contributed by atoms with Crippen LogP contribution >= 0.6 is 11.6 Å². The first-order chi connectivity index (χ1) is 4.62. The lowest BCUT2D eigenvalue weighted by Crippen LogP contribution is -2.33. The number of halogens is 1. The maximum Gasteiger partial charge on any atom is 0.201 e. The van der Waals surface area contributed by atoms with Crippen LogP contribution in [0.3, 0.4) is 0 Å². The molecule has 0 aliphatic carbocycles. The van der Waals surface area contributed by atoms with Crippen molar-refractivity contribution in [1.29, 1.82) is 0 Å². The zero-order valence-electron chi connectivity index (χ0n) is 7.11. The van der Waals surface area contributed by atoms with Crippen LogP contribution in [0.25, 0.3) is 0 Å². The van der Waals surface area contributed by atoms with Gasteiger partial charge in [0, 0.05) is 12.1 Å². The van der Waals surface area contributed by atoms with E-state index in [0.717, 1.165) is 13.0 Å². The molecule has 3 heteroatoms. The number of alkyl halides is 1. The van der Waals surface area contributed by atoms with Crippen molar-refractivity contribution in [2.75, 3.05) is 12.1 Å². The van der Waals surface area contributed by atoms with E-state index in [9.17, 15) is 0 Å². The van der Waals surface area contributed by atoms with Gasteiger partial charge in [-0.3, -0.25) is 0 Å². The molecule has 0 N–H and O–H groups in total. The molecule has 0 saturated heterocycles. The minimum atomic E-state index is -1.45. The third-order valence-corrected chi connectivity index (χ3v) is 4.87. The average molecular weight is 181 g/mol. The maximum absolute atomic E-state index is 5.71. The molecule has 0 spiro atoms. The second kappa shape index (κ2) is 5.16. The molecule has 62 valence electrons. The second-order valence-corrected chi connectivity index (χ2v) is 7.97. The number of hydrogen-bond donors (Lipinski definition) is 0. The number of unbranched alkanes of at least 4 members (excludes halogenated alkanes) is 1. The molecular formula is C7H17ClOSi. The minimum Gasteiger partial charge on any atom is -0.416 e. The summed E-state index contributed by atoms with van der Waals surface area (Å²) in [7, 11) is -1.45. The standard InChI is InChI=1S/C7H17ClOSi/c1-4-5-6-9-10(2,3)7-8/h4-7H2,1-3H3. The fraction of sp³-hybridized carbons (Fsp3) is 1.00. The zero-order chi connectivity index (χ0) is 8.04. The van der Waals surface area contributed by atoms with Crippen LogP contribution in [0.4, 0.5) is 0 Å². The molecule has 10 heavy (non-hydrogen) atoms. The number of hydrogen-bond acceptors (Lipinski definition) is 1. The van der Waals surface area contributed by atoms with Crippen molar-refractivity contribution in [3.05, 3.63) is 0 Å². The van der Waals surface area contributed by atoms with Crippen LogP contribution in [-0.4, -0.2) is 20.4 Å². The molecule has 0 aliphatic rings. The Morgan fingerprint density at radius 3 is 2.40 bits per heavy atom. The first-order valence-corrected chi connectivity index (χ1v) is 7.47. The first-order valence-electron chi connectivity index (χ1n) is 3.82. The van der Waals surface area contributed by atoms with Crippen LogP contribution < -0.4 is 0 Å². The summed E-state index contributed by atoms with van der Waals surface area (Å²) in [6.07, 6.45) is 2.36. The van der Waals surface area contributed by atoms with E-state index in [1.54, 1.807) is 0 Å². The molecule has 0 rings (SSSR count). The molecule has 0 saturated carbocycles. The van der Waals surface area contributed by atoms with Gasteiger partial charge in [0.25, 0.3) is 0 Å². The van der Waals surface area contributed by atoms with E-state index in [2.05, 4.69) is 20.0 Å². The lowest BCUT2D eigenvalue weighted by atomic mass is 10.4. The quantitative estimate of drug-likeness (QED) is 0.359. The van der Waals surface area contributed by atoms with E-state index in [4.69, 9.17) is 16.0 Å². The Hall–Kier alpha value is 0.467. The molecule has 0 bridgehead atoms. The van der Waals surface area contributed by atoms with Crippen LogP contribution in [0.5, 0.6) is 0 Å². The van der Waals surface area contributed by atoms with Gasteiger partial charge in [0.2, 0.25) is 8.32 Å². The van der Waals surface area contributed by atoms with Crippen molar-refractivity contribution in [2.24, 2.45) is 0 Å². The molecule has 0 aliphatic heterocycles. The van der Waals surface area contributed by atoms with Gasteiger partial charge in [0.15, 0.2) is 0 Å². The topological polar surface area (TPSA) is 9.23 Å². The van der Waals surface area contributed by atoms with Gasteiger partial charge in [-0.25, -0.2) is 0 Å². The molecule has 0 atom stereocenters. The minimum absolute atomic E-state index is 0.705. The van der Waals surface area contributed by atoms with Gasteiger partial charge in [-0.05, 0) is 19.5 Å².